The number of carbonyl (C=O) groups is 1. The smallest absolute Gasteiger partial charge is 0.224 e. The minimum Gasteiger partial charge on any atom is -0.508 e. The van der Waals surface area contributed by atoms with Gasteiger partial charge in [-0.2, -0.15) is 0 Å². The van der Waals surface area contributed by atoms with Gasteiger partial charge in [-0.25, -0.2) is 0 Å². The Bertz CT molecular complexity index is 1180. The van der Waals surface area contributed by atoms with Crippen molar-refractivity contribution in [2.45, 2.75) is 45.1 Å². The van der Waals surface area contributed by atoms with E-state index in [0.29, 0.717) is 35.7 Å². The predicted octanol–water partition coefficient (Wildman–Crippen LogP) is 3.01. The number of methoxy groups -OCH3 is 2. The van der Waals surface area contributed by atoms with Crippen LogP contribution in [0.4, 0.5) is 0 Å². The summed E-state index contributed by atoms with van der Waals surface area (Å²) in [6.45, 7) is 2.46. The minimum atomic E-state index is -0.769. The van der Waals surface area contributed by atoms with Crippen LogP contribution < -0.4 is 20.1 Å². The lowest BCUT2D eigenvalue weighted by Gasteiger charge is -2.18. The molecule has 0 heterocycles. The van der Waals surface area contributed by atoms with Gasteiger partial charge in [0.15, 0.2) is 11.5 Å². The van der Waals surface area contributed by atoms with Gasteiger partial charge in [-0.3, -0.25) is 4.79 Å². The molecule has 0 saturated carbocycles. The highest BCUT2D eigenvalue weighted by Gasteiger charge is 2.13. The van der Waals surface area contributed by atoms with Crippen LogP contribution in [0.1, 0.15) is 40.8 Å². The summed E-state index contributed by atoms with van der Waals surface area (Å²) in [6, 6.07) is 18.3. The molecule has 3 aromatic rings. The lowest BCUT2D eigenvalue weighted by molar-refractivity contribution is -0.120. The molecule has 8 nitrogen and oxygen atoms in total. The Morgan fingerprint density at radius 3 is 2.43 bits per heavy atom. The van der Waals surface area contributed by atoms with E-state index in [1.54, 1.807) is 26.4 Å². The maximum Gasteiger partial charge on any atom is 0.224 e. The first-order chi connectivity index (χ1) is 17.8. The summed E-state index contributed by atoms with van der Waals surface area (Å²) in [7, 11) is 3.16. The highest BCUT2D eigenvalue weighted by atomic mass is 16.5. The van der Waals surface area contributed by atoms with E-state index in [0.717, 1.165) is 23.1 Å². The maximum absolute atomic E-state index is 12.5. The molecule has 1 amide bonds. The first kappa shape index (κ1) is 28.0. The highest BCUT2D eigenvalue weighted by Crippen LogP contribution is 2.27. The molecule has 0 bridgehead atoms. The van der Waals surface area contributed by atoms with E-state index in [1.165, 1.54) is 6.07 Å². The molecule has 3 rings (SSSR count). The van der Waals surface area contributed by atoms with Crippen LogP contribution in [0.15, 0.2) is 60.7 Å². The number of amides is 1. The number of rotatable bonds is 13. The third-order valence-electron chi connectivity index (χ3n) is 6.15. The summed E-state index contributed by atoms with van der Waals surface area (Å²) in [5.74, 6) is 1.20. The molecule has 2 atom stereocenters. The minimum absolute atomic E-state index is 0.00861. The molecular weight excluding hydrogens is 472 g/mol. The van der Waals surface area contributed by atoms with Crippen molar-refractivity contribution < 1.29 is 29.6 Å². The molecule has 5 N–H and O–H groups in total. The second kappa shape index (κ2) is 13.6. The lowest BCUT2D eigenvalue weighted by atomic mass is 10.0. The van der Waals surface area contributed by atoms with Crippen molar-refractivity contribution in [1.82, 2.24) is 10.6 Å². The van der Waals surface area contributed by atoms with Crippen LogP contribution in [0.5, 0.6) is 17.2 Å². The third-order valence-corrected chi connectivity index (χ3v) is 6.15. The van der Waals surface area contributed by atoms with Gasteiger partial charge in [0, 0.05) is 24.7 Å². The number of nitrogens with one attached hydrogen (secondary N) is 2. The number of hydrogen-bond acceptors (Lipinski definition) is 7. The summed E-state index contributed by atoms with van der Waals surface area (Å²) in [6.07, 6.45) is 0.232. The van der Waals surface area contributed by atoms with Gasteiger partial charge < -0.3 is 35.4 Å². The number of hydrogen-bond donors (Lipinski definition) is 5. The van der Waals surface area contributed by atoms with Gasteiger partial charge in [0.25, 0.3) is 0 Å². The van der Waals surface area contributed by atoms with E-state index < -0.39 is 6.10 Å². The van der Waals surface area contributed by atoms with E-state index in [9.17, 15) is 20.1 Å². The molecule has 3 aromatic carbocycles. The third kappa shape index (κ3) is 8.21. The number of aliphatic hydroxyl groups excluding tert-OH is 2. The average molecular weight is 509 g/mol. The van der Waals surface area contributed by atoms with Gasteiger partial charge >= 0.3 is 0 Å². The second-order valence-electron chi connectivity index (χ2n) is 9.04. The zero-order chi connectivity index (χ0) is 26.8. The normalized spacial score (nSPS) is 12.6. The molecule has 0 fully saturated rings. The zero-order valence-corrected chi connectivity index (χ0v) is 21.5. The molecule has 0 radical (unpaired) electrons. The van der Waals surface area contributed by atoms with Crippen molar-refractivity contribution in [2.75, 3.05) is 20.8 Å². The summed E-state index contributed by atoms with van der Waals surface area (Å²) in [4.78, 5) is 12.5. The van der Waals surface area contributed by atoms with E-state index >= 15 is 0 Å². The molecule has 0 spiro atoms. The predicted molar refractivity (Wildman–Crippen MR) is 142 cm³/mol. The first-order valence-corrected chi connectivity index (χ1v) is 12.2. The Morgan fingerprint density at radius 2 is 1.70 bits per heavy atom. The maximum atomic E-state index is 12.5. The van der Waals surface area contributed by atoms with Crippen LogP contribution in [0.25, 0.3) is 0 Å². The first-order valence-electron chi connectivity index (χ1n) is 12.2. The number of benzene rings is 3. The molecule has 198 valence electrons. The van der Waals surface area contributed by atoms with Gasteiger partial charge in [0.05, 0.1) is 33.4 Å². The fourth-order valence-corrected chi connectivity index (χ4v) is 4.10. The molecule has 0 aromatic heterocycles. The summed E-state index contributed by atoms with van der Waals surface area (Å²) in [5, 5.41) is 35.8. The van der Waals surface area contributed by atoms with E-state index in [2.05, 4.69) is 10.6 Å². The standard InChI is InChI=1S/C29H36N2O6/c1-19(30-17-26(34)23-8-9-25(33)24(15-23)18-32)11-20-5-4-6-21(12-20)14-29(35)31-16-22-7-10-27(36-2)28(13-22)37-3/h4-10,12-13,15,19,26,30,32-34H,11,14,16-18H2,1-3H3,(H,31,35)/t19-,26-/m1/s1. The van der Waals surface area contributed by atoms with Crippen molar-refractivity contribution in [2.24, 2.45) is 0 Å². The number of carbonyl (C=O) groups excluding carboxylic acids is 1. The number of aromatic hydroxyl groups is 1. The van der Waals surface area contributed by atoms with Crippen LogP contribution in [0, 0.1) is 0 Å². The number of ether oxygens (including phenoxy) is 2. The van der Waals surface area contributed by atoms with Gasteiger partial charge in [0.1, 0.15) is 5.75 Å². The Hall–Kier alpha value is -3.59. The lowest BCUT2D eigenvalue weighted by Crippen LogP contribution is -2.32. The zero-order valence-electron chi connectivity index (χ0n) is 21.5. The number of phenols is 1. The summed E-state index contributed by atoms with van der Waals surface area (Å²) < 4.78 is 10.6. The quantitative estimate of drug-likeness (QED) is 0.241. The monoisotopic (exact) mass is 508 g/mol. The van der Waals surface area contributed by atoms with E-state index in [4.69, 9.17) is 9.47 Å². The van der Waals surface area contributed by atoms with Gasteiger partial charge in [-0.1, -0.05) is 36.4 Å². The van der Waals surface area contributed by atoms with Crippen LogP contribution >= 0.6 is 0 Å². The molecule has 37 heavy (non-hydrogen) atoms. The fourth-order valence-electron chi connectivity index (χ4n) is 4.10. The fraction of sp³-hybridized carbons (Fsp3) is 0.345. The average Bonchev–Trinajstić information content (AvgIpc) is 2.90. The van der Waals surface area contributed by atoms with Gasteiger partial charge in [-0.15, -0.1) is 0 Å². The Kier molecular flexibility index (Phi) is 10.3. The van der Waals surface area contributed by atoms with Crippen LogP contribution in [0.2, 0.25) is 0 Å². The van der Waals surface area contributed by atoms with Crippen molar-refractivity contribution in [3.63, 3.8) is 0 Å². The SMILES string of the molecule is COc1ccc(CNC(=O)Cc2cccc(C[C@@H](C)NC[C@@H](O)c3ccc(O)c(CO)c3)c2)cc1OC. The number of aliphatic hydroxyl groups is 2. The topological polar surface area (TPSA) is 120 Å². The van der Waals surface area contributed by atoms with Crippen LogP contribution in [-0.4, -0.2) is 48.0 Å². The van der Waals surface area contributed by atoms with E-state index in [1.807, 2.05) is 49.4 Å². The largest absolute Gasteiger partial charge is 0.508 e. The van der Waals surface area contributed by atoms with Crippen LogP contribution in [0.3, 0.4) is 0 Å². The second-order valence-corrected chi connectivity index (χ2v) is 9.04. The summed E-state index contributed by atoms with van der Waals surface area (Å²) in [5.41, 5.74) is 3.94. The molecule has 0 aliphatic heterocycles. The molecule has 0 aliphatic carbocycles. The Morgan fingerprint density at radius 1 is 0.946 bits per heavy atom. The molecular formula is C29H36N2O6. The van der Waals surface area contributed by atoms with Crippen molar-refractivity contribution in [3.05, 3.63) is 88.5 Å². The van der Waals surface area contributed by atoms with Crippen molar-refractivity contribution in [3.8, 4) is 17.2 Å². The molecule has 0 unspecified atom stereocenters. The van der Waals surface area contributed by atoms with Gasteiger partial charge in [0.2, 0.25) is 5.91 Å². The molecule has 0 saturated heterocycles. The van der Waals surface area contributed by atoms with Gasteiger partial charge in [-0.05, 0) is 59.9 Å². The van der Waals surface area contributed by atoms with Crippen molar-refractivity contribution >= 4 is 5.91 Å². The molecule has 8 heteroatoms. The highest BCUT2D eigenvalue weighted by molar-refractivity contribution is 5.78. The van der Waals surface area contributed by atoms with Crippen molar-refractivity contribution in [1.29, 1.82) is 0 Å². The summed E-state index contributed by atoms with van der Waals surface area (Å²) >= 11 is 0. The Labute approximate surface area is 217 Å². The van der Waals surface area contributed by atoms with E-state index in [-0.39, 0.29) is 30.7 Å². The molecule has 0 aliphatic rings. The Balaban J connectivity index is 1.48. The van der Waals surface area contributed by atoms with Crippen LogP contribution in [-0.2, 0) is 30.8 Å².